The van der Waals surface area contributed by atoms with Gasteiger partial charge in [0.2, 0.25) is 5.91 Å². The first-order chi connectivity index (χ1) is 11.3. The van der Waals surface area contributed by atoms with E-state index in [0.29, 0.717) is 30.5 Å². The second-order valence-electron chi connectivity index (χ2n) is 5.34. The number of quaternary nitrogens is 1. The minimum atomic E-state index is -3.52. The topological polar surface area (TPSA) is 100 Å². The van der Waals surface area contributed by atoms with Crippen LogP contribution in [0.3, 0.4) is 0 Å². The lowest BCUT2D eigenvalue weighted by molar-refractivity contribution is -0.895. The molecule has 8 nitrogen and oxygen atoms in total. The Hall–Kier alpha value is -1.20. The highest BCUT2D eigenvalue weighted by Crippen LogP contribution is 2.27. The zero-order valence-electron chi connectivity index (χ0n) is 13.2. The molecule has 134 valence electrons. The molecule has 0 aromatic carbocycles. The fourth-order valence-corrected chi connectivity index (χ4v) is 5.42. The van der Waals surface area contributed by atoms with Crippen molar-refractivity contribution >= 4 is 44.8 Å². The number of hydrogen-bond donors (Lipinski definition) is 3. The van der Waals surface area contributed by atoms with Crippen molar-refractivity contribution in [3.63, 3.8) is 0 Å². The van der Waals surface area contributed by atoms with E-state index in [1.54, 1.807) is 6.07 Å². The first-order valence-electron chi connectivity index (χ1n) is 7.39. The maximum Gasteiger partial charge on any atom is 0.275 e. The second-order valence-corrected chi connectivity index (χ2v) is 9.22. The molecule has 2 heterocycles. The summed E-state index contributed by atoms with van der Waals surface area (Å²) < 4.78 is 27.1. The Labute approximate surface area is 149 Å². The van der Waals surface area contributed by atoms with Crippen molar-refractivity contribution in [3.8, 4) is 0 Å². The Morgan fingerprint density at radius 1 is 1.29 bits per heavy atom. The maximum atomic E-state index is 12.5. The minimum absolute atomic E-state index is 0.0533. The van der Waals surface area contributed by atoms with Gasteiger partial charge in [-0.15, -0.1) is 11.3 Å². The van der Waals surface area contributed by atoms with Gasteiger partial charge in [0, 0.05) is 7.05 Å². The Bertz CT molecular complexity index is 699. The van der Waals surface area contributed by atoms with Crippen LogP contribution in [0.4, 0.5) is 0 Å². The largest absolute Gasteiger partial charge is 0.358 e. The number of carbonyl (C=O) groups is 2. The number of rotatable bonds is 6. The molecule has 0 saturated carbocycles. The summed E-state index contributed by atoms with van der Waals surface area (Å²) in [6, 6.07) is 3.07. The van der Waals surface area contributed by atoms with Crippen LogP contribution in [0.15, 0.2) is 16.3 Å². The number of carbonyl (C=O) groups excluding carboxylic acids is 2. The van der Waals surface area contributed by atoms with Crippen LogP contribution in [0, 0.1) is 0 Å². The highest BCUT2D eigenvalue weighted by atomic mass is 35.5. The van der Waals surface area contributed by atoms with Gasteiger partial charge >= 0.3 is 0 Å². The molecule has 1 saturated heterocycles. The van der Waals surface area contributed by atoms with E-state index in [-0.39, 0.29) is 29.1 Å². The molecule has 3 N–H and O–H groups in total. The van der Waals surface area contributed by atoms with Gasteiger partial charge in [0.15, 0.2) is 6.54 Å². The fourth-order valence-electron chi connectivity index (χ4n) is 2.34. The molecule has 1 aliphatic heterocycles. The number of halogens is 1. The van der Waals surface area contributed by atoms with Crippen LogP contribution in [-0.2, 0) is 19.6 Å². The van der Waals surface area contributed by atoms with E-state index < -0.39 is 10.0 Å². The van der Waals surface area contributed by atoms with E-state index >= 15 is 0 Å². The predicted molar refractivity (Wildman–Crippen MR) is 90.7 cm³/mol. The number of nitrogens with one attached hydrogen (secondary N) is 3. The number of amides is 2. The van der Waals surface area contributed by atoms with E-state index in [1.165, 1.54) is 17.4 Å². The summed E-state index contributed by atoms with van der Waals surface area (Å²) in [6.45, 7) is 1.92. The first kappa shape index (κ1) is 19.1. The van der Waals surface area contributed by atoms with Crippen LogP contribution in [-0.4, -0.2) is 70.9 Å². The normalized spacial score (nSPS) is 16.8. The summed E-state index contributed by atoms with van der Waals surface area (Å²) in [7, 11) is -2.02. The third-order valence-corrected chi connectivity index (χ3v) is 7.30. The fraction of sp³-hybridized carbons (Fsp3) is 0.538. The summed E-state index contributed by atoms with van der Waals surface area (Å²) in [5, 5.41) is 4.96. The van der Waals surface area contributed by atoms with Gasteiger partial charge in [-0.2, -0.15) is 4.31 Å². The first-order valence-corrected chi connectivity index (χ1v) is 10.0. The van der Waals surface area contributed by atoms with Crippen LogP contribution in [0.2, 0.25) is 4.34 Å². The molecule has 1 aliphatic rings. The van der Waals surface area contributed by atoms with Crippen LogP contribution >= 0.6 is 22.9 Å². The van der Waals surface area contributed by atoms with Gasteiger partial charge in [0.1, 0.15) is 4.21 Å². The highest BCUT2D eigenvalue weighted by molar-refractivity contribution is 7.91. The number of thiophene rings is 1. The average Bonchev–Trinajstić information content (AvgIpc) is 3.00. The molecule has 0 radical (unpaired) electrons. The number of piperazine rings is 1. The van der Waals surface area contributed by atoms with Gasteiger partial charge in [-0.3, -0.25) is 9.59 Å². The molecule has 2 rings (SSSR count). The lowest BCUT2D eigenvalue weighted by Crippen LogP contribution is -3.15. The van der Waals surface area contributed by atoms with Gasteiger partial charge in [0.25, 0.3) is 15.9 Å². The van der Waals surface area contributed by atoms with Crippen molar-refractivity contribution in [1.29, 1.82) is 0 Å². The Morgan fingerprint density at radius 3 is 2.50 bits per heavy atom. The van der Waals surface area contributed by atoms with Crippen molar-refractivity contribution in [2.75, 3.05) is 46.3 Å². The molecule has 0 unspecified atom stereocenters. The molecular weight excluding hydrogens is 376 g/mol. The monoisotopic (exact) mass is 395 g/mol. The molecule has 0 spiro atoms. The lowest BCUT2D eigenvalue weighted by atomic mass is 10.3. The molecule has 0 atom stereocenters. The van der Waals surface area contributed by atoms with E-state index in [1.807, 2.05) is 0 Å². The molecular formula is C13H20ClN4O4S2+. The standard InChI is InChI=1S/C13H19ClN4O4S2/c1-15-11(19)8-16-12(20)9-17-4-6-18(7-5-17)24(21,22)13-3-2-10(14)23-13/h2-3H,4-9H2,1H3,(H,15,19)(H,16,20)/p+1. The van der Waals surface area contributed by atoms with Gasteiger partial charge in [0.05, 0.1) is 37.1 Å². The predicted octanol–water partition coefficient (Wildman–Crippen LogP) is -1.85. The lowest BCUT2D eigenvalue weighted by Gasteiger charge is -2.30. The van der Waals surface area contributed by atoms with Crippen LogP contribution in [0.1, 0.15) is 0 Å². The maximum absolute atomic E-state index is 12.5. The Kier molecular flexibility index (Phi) is 6.58. The molecule has 1 aromatic heterocycles. The van der Waals surface area contributed by atoms with E-state index in [0.717, 1.165) is 16.2 Å². The molecule has 0 bridgehead atoms. The third-order valence-electron chi connectivity index (χ3n) is 3.71. The number of sulfonamides is 1. The molecule has 2 amide bonds. The molecule has 1 aromatic rings. The van der Waals surface area contributed by atoms with E-state index in [2.05, 4.69) is 10.6 Å². The zero-order valence-corrected chi connectivity index (χ0v) is 15.6. The minimum Gasteiger partial charge on any atom is -0.358 e. The van der Waals surface area contributed by atoms with Crippen molar-refractivity contribution in [1.82, 2.24) is 14.9 Å². The summed E-state index contributed by atoms with van der Waals surface area (Å²) in [5.74, 6) is -0.487. The van der Waals surface area contributed by atoms with E-state index in [9.17, 15) is 18.0 Å². The van der Waals surface area contributed by atoms with Crippen LogP contribution in [0.5, 0.6) is 0 Å². The third kappa shape index (κ3) is 4.90. The van der Waals surface area contributed by atoms with Gasteiger partial charge < -0.3 is 15.5 Å². The number of likely N-dealkylation sites (N-methyl/N-ethyl adjacent to an activating group) is 1. The number of nitrogens with zero attached hydrogens (tertiary/aromatic N) is 1. The van der Waals surface area contributed by atoms with Gasteiger partial charge in [-0.1, -0.05) is 11.6 Å². The Morgan fingerprint density at radius 2 is 1.96 bits per heavy atom. The molecule has 24 heavy (non-hydrogen) atoms. The number of hydrogen-bond acceptors (Lipinski definition) is 5. The molecule has 0 aliphatic carbocycles. The SMILES string of the molecule is CNC(=O)CNC(=O)C[NH+]1CCN(S(=O)(=O)c2ccc(Cl)s2)CC1. The van der Waals surface area contributed by atoms with Crippen molar-refractivity contribution in [3.05, 3.63) is 16.5 Å². The smallest absolute Gasteiger partial charge is 0.275 e. The van der Waals surface area contributed by atoms with Crippen molar-refractivity contribution in [2.45, 2.75) is 4.21 Å². The van der Waals surface area contributed by atoms with Crippen molar-refractivity contribution in [2.24, 2.45) is 0 Å². The molecule has 1 fully saturated rings. The van der Waals surface area contributed by atoms with E-state index in [4.69, 9.17) is 11.6 Å². The summed E-state index contributed by atoms with van der Waals surface area (Å²) in [6.07, 6.45) is 0. The van der Waals surface area contributed by atoms with Crippen molar-refractivity contribution < 1.29 is 22.9 Å². The highest BCUT2D eigenvalue weighted by Gasteiger charge is 2.32. The van der Waals surface area contributed by atoms with Gasteiger partial charge in [-0.25, -0.2) is 8.42 Å². The zero-order chi connectivity index (χ0) is 17.7. The summed E-state index contributed by atoms with van der Waals surface area (Å²) in [5.41, 5.74) is 0. The molecule has 11 heteroatoms. The quantitative estimate of drug-likeness (QED) is 0.526. The van der Waals surface area contributed by atoms with Crippen LogP contribution < -0.4 is 15.5 Å². The summed E-state index contributed by atoms with van der Waals surface area (Å²) >= 11 is 6.85. The average molecular weight is 396 g/mol. The Balaban J connectivity index is 1.83. The van der Waals surface area contributed by atoms with Gasteiger partial charge in [-0.05, 0) is 12.1 Å². The summed E-state index contributed by atoms with van der Waals surface area (Å²) in [4.78, 5) is 23.8. The van der Waals surface area contributed by atoms with Crippen LogP contribution in [0.25, 0.3) is 0 Å². The second kappa shape index (κ2) is 8.26.